The Morgan fingerprint density at radius 3 is 2.58 bits per heavy atom. The average Bonchev–Trinajstić information content (AvgIpc) is 2.96. The van der Waals surface area contributed by atoms with Gasteiger partial charge in [0, 0.05) is 18.6 Å². The van der Waals surface area contributed by atoms with Crippen molar-refractivity contribution < 1.29 is 32.9 Å². The Hall–Kier alpha value is -2.58. The van der Waals surface area contributed by atoms with Gasteiger partial charge in [-0.15, -0.1) is 0 Å². The van der Waals surface area contributed by atoms with Crippen LogP contribution in [-0.2, 0) is 18.9 Å². The molecule has 138 valence electrons. The van der Waals surface area contributed by atoms with Crippen LogP contribution in [-0.4, -0.2) is 43.5 Å². The minimum atomic E-state index is -0.955. The molecule has 2 aliphatic rings. The van der Waals surface area contributed by atoms with Crippen molar-refractivity contribution in [1.82, 2.24) is 0 Å². The zero-order valence-electron chi connectivity index (χ0n) is 14.5. The number of hydrogen-bond donors (Lipinski definition) is 0. The van der Waals surface area contributed by atoms with E-state index in [2.05, 4.69) is 0 Å². The molecule has 0 amide bonds. The number of carbonyl (C=O) groups excluding carboxylic acids is 1. The molecule has 8 nitrogen and oxygen atoms in total. The van der Waals surface area contributed by atoms with Gasteiger partial charge in [-0.05, 0) is 26.0 Å². The molecule has 8 heteroatoms. The third-order valence-electron chi connectivity index (χ3n) is 4.57. The minimum Gasteiger partial charge on any atom is -0.457 e. The number of para-hydroxylation sites is 1. The quantitative estimate of drug-likeness (QED) is 0.606. The number of rotatable bonds is 3. The fraction of sp³-hybridized carbons (Fsp3) is 0.444. The average molecular weight is 362 g/mol. The van der Waals surface area contributed by atoms with Crippen LogP contribution in [0.2, 0.25) is 0 Å². The molecule has 26 heavy (non-hydrogen) atoms. The fourth-order valence-electron chi connectivity index (χ4n) is 3.45. The van der Waals surface area contributed by atoms with Gasteiger partial charge in [0.05, 0.1) is 5.60 Å². The summed E-state index contributed by atoms with van der Waals surface area (Å²) >= 11 is 0. The van der Waals surface area contributed by atoms with Gasteiger partial charge in [-0.2, -0.15) is 0 Å². The van der Waals surface area contributed by atoms with Crippen molar-refractivity contribution in [1.29, 1.82) is 0 Å². The topological polar surface area (TPSA) is 93.4 Å². The lowest BCUT2D eigenvalue weighted by molar-refractivity contribution is -0.282. The molecule has 0 aliphatic carbocycles. The van der Waals surface area contributed by atoms with E-state index in [0.717, 1.165) is 0 Å². The molecule has 1 aromatic heterocycles. The van der Waals surface area contributed by atoms with Crippen LogP contribution in [0.15, 0.2) is 39.5 Å². The Bertz CT molecular complexity index is 901. The summed E-state index contributed by atoms with van der Waals surface area (Å²) in [4.78, 5) is 23.2. The molecule has 2 saturated heterocycles. The Balaban J connectivity index is 1.71. The number of ether oxygens (including phenoxy) is 5. The summed E-state index contributed by atoms with van der Waals surface area (Å²) in [5.74, 6) is 0.304. The first kappa shape index (κ1) is 16.9. The Morgan fingerprint density at radius 1 is 1.04 bits per heavy atom. The van der Waals surface area contributed by atoms with Crippen LogP contribution in [0, 0.1) is 0 Å². The molecule has 0 spiro atoms. The lowest BCUT2D eigenvalue weighted by Gasteiger charge is -2.44. The van der Waals surface area contributed by atoms with Gasteiger partial charge in [0.15, 0.2) is 17.4 Å². The third kappa shape index (κ3) is 2.71. The van der Waals surface area contributed by atoms with Crippen molar-refractivity contribution in [3.8, 4) is 5.75 Å². The van der Waals surface area contributed by atoms with Crippen LogP contribution in [0.5, 0.6) is 5.75 Å². The third-order valence-corrected chi connectivity index (χ3v) is 4.57. The molecule has 2 aliphatic heterocycles. The van der Waals surface area contributed by atoms with E-state index in [0.29, 0.717) is 11.1 Å². The zero-order valence-corrected chi connectivity index (χ0v) is 14.5. The van der Waals surface area contributed by atoms with Gasteiger partial charge in [0.2, 0.25) is 12.4 Å². The number of methoxy groups -OCH3 is 1. The molecule has 3 heterocycles. The number of carbonyl (C=O) groups is 1. The van der Waals surface area contributed by atoms with Crippen LogP contribution < -0.4 is 10.4 Å². The summed E-state index contributed by atoms with van der Waals surface area (Å²) in [6.07, 6.45) is -3.77. The summed E-state index contributed by atoms with van der Waals surface area (Å²) in [7, 11) is 1.51. The molecule has 0 saturated carbocycles. The number of fused-ring (bicyclic) bond motifs is 2. The highest BCUT2D eigenvalue weighted by molar-refractivity contribution is 5.82. The Kier molecular flexibility index (Phi) is 3.89. The van der Waals surface area contributed by atoms with Crippen molar-refractivity contribution in [2.24, 2.45) is 0 Å². The normalized spacial score (nSPS) is 29.7. The van der Waals surface area contributed by atoms with E-state index in [-0.39, 0.29) is 5.58 Å². The first-order valence-corrected chi connectivity index (χ1v) is 8.16. The van der Waals surface area contributed by atoms with Gasteiger partial charge < -0.3 is 28.1 Å². The second-order valence-corrected chi connectivity index (χ2v) is 6.71. The predicted molar refractivity (Wildman–Crippen MR) is 88.0 cm³/mol. The molecular formula is C18H18O8. The SMILES string of the molecule is CO[C@@H]1C2OC(=O)OC2C(Oc2cccc3ccc(=O)oc23)OC1(C)C. The van der Waals surface area contributed by atoms with Gasteiger partial charge in [-0.25, -0.2) is 9.59 Å². The molecule has 0 N–H and O–H groups in total. The van der Waals surface area contributed by atoms with Crippen molar-refractivity contribution in [3.63, 3.8) is 0 Å². The van der Waals surface area contributed by atoms with Gasteiger partial charge in [-0.3, -0.25) is 0 Å². The number of benzene rings is 1. The highest BCUT2D eigenvalue weighted by Crippen LogP contribution is 2.39. The summed E-state index contributed by atoms with van der Waals surface area (Å²) in [6, 6.07) is 8.18. The summed E-state index contributed by atoms with van der Waals surface area (Å²) in [6.45, 7) is 3.62. The van der Waals surface area contributed by atoms with Crippen LogP contribution in [0.3, 0.4) is 0 Å². The van der Waals surface area contributed by atoms with E-state index in [4.69, 9.17) is 28.1 Å². The minimum absolute atomic E-state index is 0.289. The van der Waals surface area contributed by atoms with Crippen LogP contribution in [0.25, 0.3) is 11.0 Å². The molecule has 3 unspecified atom stereocenters. The molecule has 4 rings (SSSR count). The molecule has 1 aromatic carbocycles. The van der Waals surface area contributed by atoms with Crippen molar-refractivity contribution in [2.75, 3.05) is 7.11 Å². The molecule has 0 radical (unpaired) electrons. The van der Waals surface area contributed by atoms with Crippen LogP contribution in [0.4, 0.5) is 4.79 Å². The molecular weight excluding hydrogens is 344 g/mol. The van der Waals surface area contributed by atoms with Crippen molar-refractivity contribution in [2.45, 2.75) is 44.1 Å². The summed E-state index contributed by atoms with van der Waals surface area (Å²) < 4.78 is 33.1. The smallest absolute Gasteiger partial charge is 0.457 e. The first-order chi connectivity index (χ1) is 12.4. The van der Waals surface area contributed by atoms with E-state index in [1.54, 1.807) is 24.3 Å². The van der Waals surface area contributed by atoms with Crippen molar-refractivity contribution in [3.05, 3.63) is 40.8 Å². The van der Waals surface area contributed by atoms with Gasteiger partial charge in [0.1, 0.15) is 6.10 Å². The molecule has 4 atom stereocenters. The van der Waals surface area contributed by atoms with Gasteiger partial charge in [-0.1, -0.05) is 12.1 Å². The largest absolute Gasteiger partial charge is 0.509 e. The second-order valence-electron chi connectivity index (χ2n) is 6.71. The van der Waals surface area contributed by atoms with Crippen LogP contribution >= 0.6 is 0 Å². The standard InChI is InChI=1S/C18H18O8/c1-18(2)15(21-3)13-14(25-17(20)24-13)16(26-18)22-10-6-4-5-9-7-8-11(19)23-12(9)10/h4-8,13-16H,1-3H3/t13?,14?,15-,16?/m1/s1. The summed E-state index contributed by atoms with van der Waals surface area (Å²) in [5.41, 5.74) is -1.01. The molecule has 0 bridgehead atoms. The van der Waals surface area contributed by atoms with E-state index >= 15 is 0 Å². The Labute approximate surface area is 148 Å². The van der Waals surface area contributed by atoms with Crippen molar-refractivity contribution >= 4 is 17.1 Å². The van der Waals surface area contributed by atoms with Gasteiger partial charge >= 0.3 is 11.8 Å². The lowest BCUT2D eigenvalue weighted by atomic mass is 9.89. The van der Waals surface area contributed by atoms with E-state index in [9.17, 15) is 9.59 Å². The van der Waals surface area contributed by atoms with E-state index < -0.39 is 42.0 Å². The van der Waals surface area contributed by atoms with E-state index in [1.807, 2.05) is 13.8 Å². The predicted octanol–water partition coefficient (Wildman–Crippen LogP) is 2.23. The Morgan fingerprint density at radius 2 is 1.81 bits per heavy atom. The van der Waals surface area contributed by atoms with E-state index in [1.165, 1.54) is 13.2 Å². The maximum absolute atomic E-state index is 11.7. The summed E-state index contributed by atoms with van der Waals surface area (Å²) in [5, 5.41) is 0.697. The highest BCUT2D eigenvalue weighted by atomic mass is 16.8. The maximum atomic E-state index is 11.7. The van der Waals surface area contributed by atoms with Crippen LogP contribution in [0.1, 0.15) is 13.8 Å². The van der Waals surface area contributed by atoms with Gasteiger partial charge in [0.25, 0.3) is 0 Å². The number of hydrogen-bond acceptors (Lipinski definition) is 8. The first-order valence-electron chi connectivity index (χ1n) is 8.16. The molecule has 2 fully saturated rings. The fourth-order valence-corrected chi connectivity index (χ4v) is 3.45. The zero-order chi connectivity index (χ0) is 18.5. The lowest BCUT2D eigenvalue weighted by Crippen LogP contribution is -2.62. The second kappa shape index (κ2) is 6.00. The highest BCUT2D eigenvalue weighted by Gasteiger charge is 2.58. The monoisotopic (exact) mass is 362 g/mol. The maximum Gasteiger partial charge on any atom is 0.509 e. The molecule has 2 aromatic rings.